The van der Waals surface area contributed by atoms with Gasteiger partial charge in [0.05, 0.1) is 23.8 Å². The summed E-state index contributed by atoms with van der Waals surface area (Å²) in [5, 5.41) is 0.576. The number of rotatable bonds is 3. The van der Waals surface area contributed by atoms with Crippen molar-refractivity contribution in [2.45, 2.75) is 13.3 Å². The van der Waals surface area contributed by atoms with E-state index >= 15 is 0 Å². The number of pyridine rings is 1. The lowest BCUT2D eigenvalue weighted by Gasteiger charge is -2.28. The zero-order valence-corrected chi connectivity index (χ0v) is 14.8. The summed E-state index contributed by atoms with van der Waals surface area (Å²) < 4.78 is 5.47. The van der Waals surface area contributed by atoms with Gasteiger partial charge >= 0.3 is 0 Å². The average Bonchev–Trinajstić information content (AvgIpc) is 2.67. The number of nitrogens with zero attached hydrogens (tertiary/aromatic N) is 4. The summed E-state index contributed by atoms with van der Waals surface area (Å²) in [7, 11) is 0. The molecule has 0 amide bonds. The molecule has 5 nitrogen and oxygen atoms in total. The maximum Gasteiger partial charge on any atom is 0.162 e. The van der Waals surface area contributed by atoms with Crippen molar-refractivity contribution in [3.63, 3.8) is 0 Å². The van der Waals surface area contributed by atoms with Gasteiger partial charge < -0.3 is 9.64 Å². The molecule has 4 rings (SSSR count). The molecule has 0 spiro atoms. The molecule has 0 atom stereocenters. The van der Waals surface area contributed by atoms with Crippen molar-refractivity contribution >= 4 is 28.5 Å². The van der Waals surface area contributed by atoms with Crippen LogP contribution in [0.1, 0.15) is 12.5 Å². The fourth-order valence-corrected chi connectivity index (χ4v) is 3.19. The minimum atomic E-state index is 0.576. The highest BCUT2D eigenvalue weighted by molar-refractivity contribution is 6.31. The van der Waals surface area contributed by atoms with Gasteiger partial charge in [0.25, 0.3) is 0 Å². The van der Waals surface area contributed by atoms with Gasteiger partial charge in [0, 0.05) is 24.8 Å². The molecule has 0 radical (unpaired) electrons. The standard InChI is InChI=1S/C19H19ClN4O/c1-2-13-4-3-5-14(10-13)18-22-16-11-15(20)12-21-17(16)19(23-18)24-6-8-25-9-7-24/h3-5,10-12H,2,6-9H2,1H3. The Morgan fingerprint density at radius 3 is 2.80 bits per heavy atom. The Labute approximate surface area is 151 Å². The van der Waals surface area contributed by atoms with E-state index in [1.54, 1.807) is 6.20 Å². The Kier molecular flexibility index (Phi) is 4.51. The van der Waals surface area contributed by atoms with Crippen LogP contribution in [0.3, 0.4) is 0 Å². The molecule has 0 N–H and O–H groups in total. The van der Waals surface area contributed by atoms with Crippen molar-refractivity contribution in [2.24, 2.45) is 0 Å². The highest BCUT2D eigenvalue weighted by Crippen LogP contribution is 2.28. The molecule has 1 saturated heterocycles. The Morgan fingerprint density at radius 1 is 1.16 bits per heavy atom. The van der Waals surface area contributed by atoms with Crippen LogP contribution in [-0.4, -0.2) is 41.3 Å². The summed E-state index contributed by atoms with van der Waals surface area (Å²) in [4.78, 5) is 16.3. The van der Waals surface area contributed by atoms with Crippen LogP contribution in [0, 0.1) is 0 Å². The summed E-state index contributed by atoms with van der Waals surface area (Å²) in [6, 6.07) is 10.2. The monoisotopic (exact) mass is 354 g/mol. The smallest absolute Gasteiger partial charge is 0.162 e. The van der Waals surface area contributed by atoms with Crippen molar-refractivity contribution < 1.29 is 4.74 Å². The van der Waals surface area contributed by atoms with Gasteiger partial charge in [-0.3, -0.25) is 0 Å². The third-order valence-corrected chi connectivity index (χ3v) is 4.59. The van der Waals surface area contributed by atoms with Crippen LogP contribution < -0.4 is 4.90 Å². The molecule has 1 fully saturated rings. The van der Waals surface area contributed by atoms with Gasteiger partial charge in [0.15, 0.2) is 11.6 Å². The predicted molar refractivity (Wildman–Crippen MR) is 100 cm³/mol. The molecule has 3 aromatic rings. The second-order valence-electron chi connectivity index (χ2n) is 6.05. The quantitative estimate of drug-likeness (QED) is 0.717. The van der Waals surface area contributed by atoms with Gasteiger partial charge in [-0.1, -0.05) is 36.7 Å². The van der Waals surface area contributed by atoms with Crippen LogP contribution in [0.25, 0.3) is 22.4 Å². The Morgan fingerprint density at radius 2 is 2.00 bits per heavy atom. The Balaban J connectivity index is 1.89. The summed E-state index contributed by atoms with van der Waals surface area (Å²) >= 11 is 6.15. The average molecular weight is 355 g/mol. The fourth-order valence-electron chi connectivity index (χ4n) is 3.03. The van der Waals surface area contributed by atoms with Gasteiger partial charge in [-0.2, -0.15) is 0 Å². The molecule has 2 aromatic heterocycles. The number of aryl methyl sites for hydroxylation is 1. The topological polar surface area (TPSA) is 51.1 Å². The minimum Gasteiger partial charge on any atom is -0.378 e. The fraction of sp³-hybridized carbons (Fsp3) is 0.316. The van der Waals surface area contributed by atoms with Crippen LogP contribution in [-0.2, 0) is 11.2 Å². The first-order chi connectivity index (χ1) is 12.2. The number of anilines is 1. The van der Waals surface area contributed by atoms with E-state index < -0.39 is 0 Å². The Hall–Kier alpha value is -2.24. The number of ether oxygens (including phenoxy) is 1. The molecule has 1 aromatic carbocycles. The lowest BCUT2D eigenvalue weighted by molar-refractivity contribution is 0.122. The number of aromatic nitrogens is 3. The second-order valence-corrected chi connectivity index (χ2v) is 6.48. The van der Waals surface area contributed by atoms with E-state index in [4.69, 9.17) is 26.3 Å². The SMILES string of the molecule is CCc1cccc(-c2nc(N3CCOCC3)c3ncc(Cl)cc3n2)c1. The van der Waals surface area contributed by atoms with Gasteiger partial charge in [-0.25, -0.2) is 15.0 Å². The van der Waals surface area contributed by atoms with Crippen LogP contribution in [0.5, 0.6) is 0 Å². The number of benzene rings is 1. The third kappa shape index (κ3) is 3.30. The number of halogens is 1. The van der Waals surface area contributed by atoms with E-state index in [-0.39, 0.29) is 0 Å². The molecular formula is C19H19ClN4O. The van der Waals surface area contributed by atoms with Crippen molar-refractivity contribution in [3.8, 4) is 11.4 Å². The maximum absolute atomic E-state index is 6.15. The molecule has 1 aliphatic rings. The van der Waals surface area contributed by atoms with Crippen molar-refractivity contribution in [3.05, 3.63) is 47.1 Å². The van der Waals surface area contributed by atoms with E-state index in [0.29, 0.717) is 24.1 Å². The normalized spacial score (nSPS) is 14.9. The molecule has 25 heavy (non-hydrogen) atoms. The predicted octanol–water partition coefficient (Wildman–Crippen LogP) is 3.74. The molecule has 128 valence electrons. The van der Waals surface area contributed by atoms with E-state index in [0.717, 1.165) is 41.9 Å². The highest BCUT2D eigenvalue weighted by atomic mass is 35.5. The first kappa shape index (κ1) is 16.2. The minimum absolute atomic E-state index is 0.576. The highest BCUT2D eigenvalue weighted by Gasteiger charge is 2.19. The van der Waals surface area contributed by atoms with Gasteiger partial charge in [-0.15, -0.1) is 0 Å². The van der Waals surface area contributed by atoms with Crippen molar-refractivity contribution in [2.75, 3.05) is 31.2 Å². The Bertz CT molecular complexity index is 909. The molecule has 0 aliphatic carbocycles. The molecule has 3 heterocycles. The summed E-state index contributed by atoms with van der Waals surface area (Å²) in [6.07, 6.45) is 2.62. The zero-order chi connectivity index (χ0) is 17.2. The van der Waals surface area contributed by atoms with Crippen molar-refractivity contribution in [1.29, 1.82) is 0 Å². The van der Waals surface area contributed by atoms with Gasteiger partial charge in [0.1, 0.15) is 5.52 Å². The maximum atomic E-state index is 6.15. The summed E-state index contributed by atoms with van der Waals surface area (Å²) in [5.74, 6) is 1.55. The first-order valence-electron chi connectivity index (χ1n) is 8.50. The summed E-state index contributed by atoms with van der Waals surface area (Å²) in [5.41, 5.74) is 3.82. The number of hydrogen-bond donors (Lipinski definition) is 0. The molecule has 0 unspecified atom stereocenters. The first-order valence-corrected chi connectivity index (χ1v) is 8.87. The molecular weight excluding hydrogens is 336 g/mol. The zero-order valence-electron chi connectivity index (χ0n) is 14.1. The van der Waals surface area contributed by atoms with Crippen LogP contribution in [0.2, 0.25) is 5.02 Å². The number of morpholine rings is 1. The summed E-state index contributed by atoms with van der Waals surface area (Å²) in [6.45, 7) is 5.12. The van der Waals surface area contributed by atoms with Gasteiger partial charge in [-0.05, 0) is 24.1 Å². The van der Waals surface area contributed by atoms with E-state index in [1.165, 1.54) is 5.56 Å². The lowest BCUT2D eigenvalue weighted by atomic mass is 10.1. The molecule has 0 bridgehead atoms. The second kappa shape index (κ2) is 6.94. The number of fused-ring (bicyclic) bond motifs is 1. The third-order valence-electron chi connectivity index (χ3n) is 4.39. The van der Waals surface area contributed by atoms with Crippen molar-refractivity contribution in [1.82, 2.24) is 15.0 Å². The number of hydrogen-bond acceptors (Lipinski definition) is 5. The van der Waals surface area contributed by atoms with E-state index in [1.807, 2.05) is 18.2 Å². The van der Waals surface area contributed by atoms with E-state index in [2.05, 4.69) is 28.9 Å². The largest absolute Gasteiger partial charge is 0.378 e. The van der Waals surface area contributed by atoms with E-state index in [9.17, 15) is 0 Å². The molecule has 0 saturated carbocycles. The molecule has 1 aliphatic heterocycles. The molecule has 6 heteroatoms. The van der Waals surface area contributed by atoms with Gasteiger partial charge in [0.2, 0.25) is 0 Å². The van der Waals surface area contributed by atoms with Crippen LogP contribution in [0.15, 0.2) is 36.5 Å². The van der Waals surface area contributed by atoms with Crippen LogP contribution in [0.4, 0.5) is 5.82 Å². The van der Waals surface area contributed by atoms with Crippen LogP contribution >= 0.6 is 11.6 Å². The lowest BCUT2D eigenvalue weighted by Crippen LogP contribution is -2.37.